The molecule has 3 aromatic rings. The van der Waals surface area contributed by atoms with Gasteiger partial charge in [-0.15, -0.1) is 0 Å². The van der Waals surface area contributed by atoms with E-state index in [1.807, 2.05) is 48.5 Å². The topological polar surface area (TPSA) is 43.4 Å². The van der Waals surface area contributed by atoms with Crippen LogP contribution in [0.2, 0.25) is 0 Å². The van der Waals surface area contributed by atoms with Gasteiger partial charge in [0.2, 0.25) is 0 Å². The fourth-order valence-electron chi connectivity index (χ4n) is 3.03. The third kappa shape index (κ3) is 3.49. The van der Waals surface area contributed by atoms with E-state index in [9.17, 15) is 9.59 Å². The van der Waals surface area contributed by atoms with Crippen molar-refractivity contribution in [3.8, 4) is 5.75 Å². The zero-order valence-electron chi connectivity index (χ0n) is 14.3. The maximum Gasteiger partial charge on any atom is 0.197 e. The average molecular weight is 419 g/mol. The molecule has 0 aromatic heterocycles. The highest BCUT2D eigenvalue weighted by Gasteiger charge is 2.32. The first-order valence-electron chi connectivity index (χ1n) is 8.50. The van der Waals surface area contributed by atoms with E-state index < -0.39 is 0 Å². The Kier molecular flexibility index (Phi) is 4.73. The van der Waals surface area contributed by atoms with Crippen LogP contribution in [-0.4, -0.2) is 11.6 Å². The fraction of sp³-hybridized carbons (Fsp3) is 0.0435. The van der Waals surface area contributed by atoms with Crippen LogP contribution in [0.15, 0.2) is 82.8 Å². The molecule has 0 bridgehead atoms. The second-order valence-corrected chi connectivity index (χ2v) is 7.08. The SMILES string of the molecule is O=C1C(=Cc2ccc(OCc3ccccc3)c(Br)c2)C(=O)c2ccccc21. The van der Waals surface area contributed by atoms with Crippen molar-refractivity contribution < 1.29 is 14.3 Å². The van der Waals surface area contributed by atoms with E-state index in [4.69, 9.17) is 4.74 Å². The second-order valence-electron chi connectivity index (χ2n) is 6.23. The lowest BCUT2D eigenvalue weighted by molar-refractivity contribution is 0.0990. The van der Waals surface area contributed by atoms with E-state index in [0.717, 1.165) is 15.6 Å². The summed E-state index contributed by atoms with van der Waals surface area (Å²) in [5.74, 6) is 0.251. The molecule has 132 valence electrons. The number of allylic oxidation sites excluding steroid dienone is 1. The first-order chi connectivity index (χ1) is 13.1. The minimum atomic E-state index is -0.226. The number of benzene rings is 3. The van der Waals surface area contributed by atoms with Crippen molar-refractivity contribution in [2.45, 2.75) is 6.61 Å². The molecule has 1 aliphatic rings. The van der Waals surface area contributed by atoms with Gasteiger partial charge < -0.3 is 4.74 Å². The van der Waals surface area contributed by atoms with E-state index in [0.29, 0.717) is 23.5 Å². The maximum atomic E-state index is 12.5. The number of carbonyl (C=O) groups excluding carboxylic acids is 2. The lowest BCUT2D eigenvalue weighted by atomic mass is 10.1. The van der Waals surface area contributed by atoms with Gasteiger partial charge in [0.1, 0.15) is 12.4 Å². The van der Waals surface area contributed by atoms with Gasteiger partial charge >= 0.3 is 0 Å². The molecule has 0 atom stereocenters. The third-order valence-electron chi connectivity index (χ3n) is 4.41. The molecule has 3 aromatic carbocycles. The molecule has 0 N–H and O–H groups in total. The standard InChI is InChI=1S/C23H15BrO3/c24-20-13-16(10-11-21(20)27-14-15-6-2-1-3-7-15)12-19-22(25)17-8-4-5-9-18(17)23(19)26/h1-13H,14H2. The lowest BCUT2D eigenvalue weighted by Gasteiger charge is -2.09. The minimum Gasteiger partial charge on any atom is -0.488 e. The molecular formula is C23H15BrO3. The Morgan fingerprint density at radius 1 is 0.815 bits per heavy atom. The molecule has 0 aliphatic heterocycles. The molecule has 0 saturated carbocycles. The lowest BCUT2D eigenvalue weighted by Crippen LogP contribution is -2.00. The number of carbonyl (C=O) groups is 2. The highest BCUT2D eigenvalue weighted by molar-refractivity contribution is 9.10. The first kappa shape index (κ1) is 17.4. The number of ketones is 2. The number of ether oxygens (including phenoxy) is 1. The van der Waals surface area contributed by atoms with Gasteiger partial charge in [-0.05, 0) is 45.3 Å². The van der Waals surface area contributed by atoms with Crippen molar-refractivity contribution in [1.82, 2.24) is 0 Å². The Morgan fingerprint density at radius 2 is 1.44 bits per heavy atom. The summed E-state index contributed by atoms with van der Waals surface area (Å²) in [6.45, 7) is 0.464. The largest absolute Gasteiger partial charge is 0.488 e. The van der Waals surface area contributed by atoms with Crippen molar-refractivity contribution >= 4 is 33.6 Å². The first-order valence-corrected chi connectivity index (χ1v) is 9.29. The third-order valence-corrected chi connectivity index (χ3v) is 5.03. The summed E-state index contributed by atoms with van der Waals surface area (Å²) in [4.78, 5) is 25.0. The Labute approximate surface area is 165 Å². The van der Waals surface area contributed by atoms with Crippen LogP contribution in [0, 0.1) is 0 Å². The summed E-state index contributed by atoms with van der Waals surface area (Å²) in [6, 6.07) is 22.3. The smallest absolute Gasteiger partial charge is 0.197 e. The Bertz CT molecular complexity index is 1030. The number of hydrogen-bond donors (Lipinski definition) is 0. The maximum absolute atomic E-state index is 12.5. The van der Waals surface area contributed by atoms with E-state index in [-0.39, 0.29) is 17.1 Å². The number of rotatable bonds is 4. The normalized spacial score (nSPS) is 12.9. The van der Waals surface area contributed by atoms with Crippen LogP contribution in [0.25, 0.3) is 6.08 Å². The molecule has 0 saturated heterocycles. The van der Waals surface area contributed by atoms with Crippen molar-refractivity contribution in [2.75, 3.05) is 0 Å². The summed E-state index contributed by atoms with van der Waals surface area (Å²) in [5, 5.41) is 0. The number of hydrogen-bond acceptors (Lipinski definition) is 3. The summed E-state index contributed by atoms with van der Waals surface area (Å²) < 4.78 is 6.61. The van der Waals surface area contributed by atoms with Crippen LogP contribution in [0.4, 0.5) is 0 Å². The molecule has 3 nitrogen and oxygen atoms in total. The monoisotopic (exact) mass is 418 g/mol. The van der Waals surface area contributed by atoms with Crippen LogP contribution >= 0.6 is 15.9 Å². The molecule has 4 rings (SSSR count). The van der Waals surface area contributed by atoms with Crippen LogP contribution in [-0.2, 0) is 6.61 Å². The van der Waals surface area contributed by atoms with E-state index in [2.05, 4.69) is 15.9 Å². The summed E-state index contributed by atoms with van der Waals surface area (Å²) >= 11 is 3.50. The summed E-state index contributed by atoms with van der Waals surface area (Å²) in [7, 11) is 0. The van der Waals surface area contributed by atoms with Crippen molar-refractivity contribution in [3.05, 3.63) is 105 Å². The number of Topliss-reactive ketones (excluding diaryl/α,β-unsaturated/α-hetero) is 2. The van der Waals surface area contributed by atoms with Gasteiger partial charge in [-0.25, -0.2) is 0 Å². The molecule has 0 amide bonds. The van der Waals surface area contributed by atoms with Crippen LogP contribution < -0.4 is 4.74 Å². The van der Waals surface area contributed by atoms with Crippen molar-refractivity contribution in [3.63, 3.8) is 0 Å². The van der Waals surface area contributed by atoms with E-state index in [1.54, 1.807) is 30.3 Å². The van der Waals surface area contributed by atoms with Gasteiger partial charge in [0.15, 0.2) is 11.6 Å². The molecule has 27 heavy (non-hydrogen) atoms. The molecule has 4 heteroatoms. The van der Waals surface area contributed by atoms with Gasteiger partial charge in [-0.2, -0.15) is 0 Å². The molecule has 1 aliphatic carbocycles. The quantitative estimate of drug-likeness (QED) is 0.415. The van der Waals surface area contributed by atoms with Gasteiger partial charge in [0.05, 0.1) is 10.0 Å². The van der Waals surface area contributed by atoms with Gasteiger partial charge in [0, 0.05) is 11.1 Å². The Hall–Kier alpha value is -2.98. The highest BCUT2D eigenvalue weighted by Crippen LogP contribution is 2.31. The van der Waals surface area contributed by atoms with Crippen LogP contribution in [0.5, 0.6) is 5.75 Å². The minimum absolute atomic E-state index is 0.195. The van der Waals surface area contributed by atoms with Gasteiger partial charge in [-0.3, -0.25) is 9.59 Å². The van der Waals surface area contributed by atoms with E-state index in [1.165, 1.54) is 0 Å². The number of fused-ring (bicyclic) bond motifs is 1. The molecular weight excluding hydrogens is 404 g/mol. The van der Waals surface area contributed by atoms with E-state index >= 15 is 0 Å². The molecule has 0 spiro atoms. The summed E-state index contributed by atoms with van der Waals surface area (Å²) in [6.07, 6.45) is 1.64. The predicted octanol–water partition coefficient (Wildman–Crippen LogP) is 5.49. The number of halogens is 1. The predicted molar refractivity (Wildman–Crippen MR) is 108 cm³/mol. The van der Waals surface area contributed by atoms with Crippen molar-refractivity contribution in [2.24, 2.45) is 0 Å². The fourth-order valence-corrected chi connectivity index (χ4v) is 3.54. The summed E-state index contributed by atoms with van der Waals surface area (Å²) in [5.41, 5.74) is 2.97. The highest BCUT2D eigenvalue weighted by atomic mass is 79.9. The van der Waals surface area contributed by atoms with Gasteiger partial charge in [0.25, 0.3) is 0 Å². The zero-order valence-corrected chi connectivity index (χ0v) is 15.9. The Balaban J connectivity index is 1.56. The van der Waals surface area contributed by atoms with Crippen LogP contribution in [0.3, 0.4) is 0 Å². The molecule has 0 radical (unpaired) electrons. The Morgan fingerprint density at radius 3 is 2.07 bits per heavy atom. The van der Waals surface area contributed by atoms with Gasteiger partial charge in [-0.1, -0.05) is 60.7 Å². The van der Waals surface area contributed by atoms with Crippen molar-refractivity contribution in [1.29, 1.82) is 0 Å². The second kappa shape index (κ2) is 7.33. The molecule has 0 unspecified atom stereocenters. The van der Waals surface area contributed by atoms with Crippen LogP contribution in [0.1, 0.15) is 31.8 Å². The molecule has 0 fully saturated rings. The molecule has 0 heterocycles. The zero-order chi connectivity index (χ0) is 18.8. The average Bonchev–Trinajstić information content (AvgIpc) is 2.93.